The molecule has 0 aromatic heterocycles. The third-order valence-electron chi connectivity index (χ3n) is 7.62. The predicted molar refractivity (Wildman–Crippen MR) is 119 cm³/mol. The summed E-state index contributed by atoms with van der Waals surface area (Å²) in [7, 11) is 0. The van der Waals surface area contributed by atoms with Crippen molar-refractivity contribution in [3.8, 4) is 11.5 Å². The van der Waals surface area contributed by atoms with Crippen LogP contribution in [0.4, 0.5) is 0 Å². The fourth-order valence-corrected chi connectivity index (χ4v) is 6.35. The number of benzene rings is 3. The normalized spacial score (nSPS) is 21.6. The van der Waals surface area contributed by atoms with E-state index in [1.54, 1.807) is 0 Å². The summed E-state index contributed by atoms with van der Waals surface area (Å²) in [4.78, 5) is 25.0. The highest BCUT2D eigenvalue weighted by molar-refractivity contribution is 6.24. The average Bonchev–Trinajstić information content (AvgIpc) is 2.82. The van der Waals surface area contributed by atoms with Crippen LogP contribution in [0.15, 0.2) is 71.8 Å². The molecule has 0 saturated carbocycles. The molecular weight excluding hydrogens is 400 g/mol. The van der Waals surface area contributed by atoms with Gasteiger partial charge in [-0.25, -0.2) is 0 Å². The first kappa shape index (κ1) is 17.7. The zero-order valence-electron chi connectivity index (χ0n) is 17.1. The zero-order valence-corrected chi connectivity index (χ0v) is 17.1. The maximum Gasteiger partial charge on any atom is 0.190 e. The molecule has 8 rings (SSSR count). The van der Waals surface area contributed by atoms with E-state index < -0.39 is 11.6 Å². The Hall–Kier alpha value is -3.92. The van der Waals surface area contributed by atoms with Gasteiger partial charge in [0, 0.05) is 23.0 Å². The fraction of sp³-hybridized carbons (Fsp3) is 0.143. The quantitative estimate of drug-likeness (QED) is 0.409. The molecule has 0 amide bonds. The minimum absolute atomic E-state index is 0.0698. The maximum atomic E-state index is 12.5. The van der Waals surface area contributed by atoms with Crippen molar-refractivity contribution < 1.29 is 19.8 Å². The summed E-state index contributed by atoms with van der Waals surface area (Å²) in [5.74, 6) is -1.04. The van der Waals surface area contributed by atoms with Gasteiger partial charge in [0.2, 0.25) is 0 Å². The van der Waals surface area contributed by atoms with Crippen LogP contribution in [-0.2, 0) is 12.8 Å². The summed E-state index contributed by atoms with van der Waals surface area (Å²) in [6, 6.07) is 17.0. The van der Waals surface area contributed by atoms with Crippen molar-refractivity contribution in [2.75, 3.05) is 0 Å². The second-order valence-corrected chi connectivity index (χ2v) is 8.99. The first-order chi connectivity index (χ1) is 15.6. The van der Waals surface area contributed by atoms with Gasteiger partial charge in [0.1, 0.15) is 11.5 Å². The predicted octanol–water partition coefficient (Wildman–Crippen LogP) is 4.72. The Balaban J connectivity index is 1.49. The largest absolute Gasteiger partial charge is 0.507 e. The van der Waals surface area contributed by atoms with Crippen molar-refractivity contribution in [1.29, 1.82) is 0 Å². The van der Waals surface area contributed by atoms with Gasteiger partial charge in [0.25, 0.3) is 0 Å². The number of fused-ring (bicyclic) bond motifs is 2. The van der Waals surface area contributed by atoms with Gasteiger partial charge in [0.15, 0.2) is 11.6 Å². The van der Waals surface area contributed by atoms with Crippen molar-refractivity contribution in [2.45, 2.75) is 24.7 Å². The summed E-state index contributed by atoms with van der Waals surface area (Å²) in [6.07, 6.45) is 3.23. The molecule has 0 radical (unpaired) electrons. The second kappa shape index (κ2) is 5.86. The van der Waals surface area contributed by atoms with Crippen LogP contribution >= 0.6 is 0 Å². The monoisotopic (exact) mass is 418 g/mol. The minimum Gasteiger partial charge on any atom is -0.507 e. The van der Waals surface area contributed by atoms with Crippen LogP contribution in [0.5, 0.6) is 11.5 Å². The maximum absolute atomic E-state index is 12.5. The van der Waals surface area contributed by atoms with Gasteiger partial charge in [-0.3, -0.25) is 9.59 Å². The molecule has 0 atom stereocenters. The van der Waals surface area contributed by atoms with E-state index in [0.29, 0.717) is 24.0 Å². The summed E-state index contributed by atoms with van der Waals surface area (Å²) in [5.41, 5.74) is 8.61. The van der Waals surface area contributed by atoms with Crippen LogP contribution < -0.4 is 0 Å². The smallest absolute Gasteiger partial charge is 0.190 e. The third-order valence-corrected chi connectivity index (χ3v) is 7.62. The standard InChI is InChI=1S/C28H18O4/c29-21-9-10-22(30)26-25(21)27(31)19-11-17-18(12-20(19)28(26)32)24-14-6-2-1-5-13(14)23(17)15-7-3-4-8-16(15)24/h1-10,23-24,31-32H,11-12H2. The first-order valence-electron chi connectivity index (χ1n) is 10.8. The van der Waals surface area contributed by atoms with Crippen molar-refractivity contribution in [1.82, 2.24) is 0 Å². The van der Waals surface area contributed by atoms with Gasteiger partial charge < -0.3 is 10.2 Å². The average molecular weight is 418 g/mol. The van der Waals surface area contributed by atoms with Crippen LogP contribution in [0.2, 0.25) is 0 Å². The molecule has 2 N–H and O–H groups in total. The number of rotatable bonds is 0. The molecule has 4 heteroatoms. The van der Waals surface area contributed by atoms with E-state index in [1.807, 2.05) is 0 Å². The van der Waals surface area contributed by atoms with Gasteiger partial charge in [-0.15, -0.1) is 0 Å². The van der Waals surface area contributed by atoms with Crippen molar-refractivity contribution in [3.63, 3.8) is 0 Å². The molecule has 0 aliphatic heterocycles. The zero-order chi connectivity index (χ0) is 21.7. The van der Waals surface area contributed by atoms with Crippen LogP contribution in [0, 0.1) is 0 Å². The van der Waals surface area contributed by atoms with E-state index in [9.17, 15) is 19.8 Å². The summed E-state index contributed by atoms with van der Waals surface area (Å²) in [5, 5.41) is 22.2. The number of allylic oxidation sites excluding steroid dienone is 4. The lowest BCUT2D eigenvalue weighted by Crippen LogP contribution is -2.32. The molecule has 4 nitrogen and oxygen atoms in total. The molecule has 5 aliphatic rings. The van der Waals surface area contributed by atoms with Crippen molar-refractivity contribution in [3.05, 3.63) is 116 Å². The highest BCUT2D eigenvalue weighted by atomic mass is 16.3. The second-order valence-electron chi connectivity index (χ2n) is 8.99. The molecule has 0 heterocycles. The lowest BCUT2D eigenvalue weighted by molar-refractivity contribution is 0.0989. The van der Waals surface area contributed by atoms with E-state index in [-0.39, 0.29) is 34.5 Å². The van der Waals surface area contributed by atoms with E-state index in [1.165, 1.54) is 45.6 Å². The Morgan fingerprint density at radius 3 is 1.28 bits per heavy atom. The van der Waals surface area contributed by atoms with Gasteiger partial charge >= 0.3 is 0 Å². The molecule has 2 bridgehead atoms. The molecule has 3 aromatic rings. The molecular formula is C28H18O4. The first-order valence-corrected chi connectivity index (χ1v) is 10.8. The minimum atomic E-state index is -0.448. The number of hydrogen-bond acceptors (Lipinski definition) is 4. The molecule has 0 unspecified atom stereocenters. The Morgan fingerprint density at radius 2 is 0.938 bits per heavy atom. The van der Waals surface area contributed by atoms with Gasteiger partial charge in [-0.1, -0.05) is 59.7 Å². The number of hydrogen-bond donors (Lipinski definition) is 2. The number of phenols is 2. The van der Waals surface area contributed by atoms with Crippen molar-refractivity contribution >= 4 is 11.6 Å². The number of aromatic hydroxyl groups is 2. The topological polar surface area (TPSA) is 74.6 Å². The molecule has 5 aliphatic carbocycles. The van der Waals surface area contributed by atoms with Crippen LogP contribution in [0.3, 0.4) is 0 Å². The molecule has 3 aromatic carbocycles. The molecule has 154 valence electrons. The third kappa shape index (κ3) is 1.98. The molecule has 0 fully saturated rings. The lowest BCUT2D eigenvalue weighted by atomic mass is 9.57. The van der Waals surface area contributed by atoms with E-state index in [2.05, 4.69) is 48.5 Å². The Kier molecular flexibility index (Phi) is 3.24. The van der Waals surface area contributed by atoms with Crippen LogP contribution in [0.25, 0.3) is 0 Å². The van der Waals surface area contributed by atoms with E-state index >= 15 is 0 Å². The SMILES string of the molecule is O=C1C=CC(=O)c2c(O)c3c(c(O)c21)CC1=C(C3)C2c3ccccc3C1c1ccccc12. The van der Waals surface area contributed by atoms with E-state index in [0.717, 1.165) is 0 Å². The number of carbonyl (C=O) groups is 2. The van der Waals surface area contributed by atoms with Crippen LogP contribution in [-0.4, -0.2) is 21.8 Å². The van der Waals surface area contributed by atoms with Crippen molar-refractivity contribution in [2.24, 2.45) is 0 Å². The number of ketones is 2. The number of carbonyl (C=O) groups excluding carboxylic acids is 2. The van der Waals surface area contributed by atoms with Gasteiger partial charge in [0.05, 0.1) is 11.1 Å². The lowest BCUT2D eigenvalue weighted by Gasteiger charge is -2.46. The molecule has 32 heavy (non-hydrogen) atoms. The van der Waals surface area contributed by atoms with Gasteiger partial charge in [-0.2, -0.15) is 0 Å². The van der Waals surface area contributed by atoms with E-state index in [4.69, 9.17) is 0 Å². The molecule has 0 spiro atoms. The highest BCUT2D eigenvalue weighted by Gasteiger charge is 2.45. The summed E-state index contributed by atoms with van der Waals surface area (Å²) < 4.78 is 0. The Labute approximate surface area is 184 Å². The summed E-state index contributed by atoms with van der Waals surface area (Å²) in [6.45, 7) is 0. The highest BCUT2D eigenvalue weighted by Crippen LogP contribution is 2.59. The fourth-order valence-electron chi connectivity index (χ4n) is 6.35. The number of phenolic OH excluding ortho intramolecular Hbond substituents is 2. The molecule has 0 saturated heterocycles. The summed E-state index contributed by atoms with van der Waals surface area (Å²) >= 11 is 0. The Bertz CT molecular complexity index is 1330. The Morgan fingerprint density at radius 1 is 0.594 bits per heavy atom. The van der Waals surface area contributed by atoms with Crippen LogP contribution in [0.1, 0.15) is 65.9 Å². The van der Waals surface area contributed by atoms with Gasteiger partial charge in [-0.05, 0) is 47.2 Å².